The van der Waals surface area contributed by atoms with Gasteiger partial charge in [0.25, 0.3) is 0 Å². The monoisotopic (exact) mass is 248 g/mol. The van der Waals surface area contributed by atoms with Crippen molar-refractivity contribution in [1.82, 2.24) is 0 Å². The minimum absolute atomic E-state index is 0.629. The summed E-state index contributed by atoms with van der Waals surface area (Å²) in [6.07, 6.45) is 5.60. The van der Waals surface area contributed by atoms with E-state index in [1.165, 1.54) is 25.7 Å². The molecule has 0 heterocycles. The molecule has 0 bridgehead atoms. The van der Waals surface area contributed by atoms with Gasteiger partial charge in [-0.1, -0.05) is 33.3 Å². The van der Waals surface area contributed by atoms with Gasteiger partial charge < -0.3 is 14.0 Å². The Hall–Kier alpha value is -0.653. The highest BCUT2D eigenvalue weighted by Gasteiger charge is 1.88. The second kappa shape index (κ2) is 16.8. The number of rotatable bonds is 9. The van der Waals surface area contributed by atoms with Gasteiger partial charge >= 0.3 is 16.0 Å². The predicted octanol–water partition coefficient (Wildman–Crippen LogP) is 1.88. The van der Waals surface area contributed by atoms with E-state index in [1.54, 1.807) is 0 Å². The van der Waals surface area contributed by atoms with Crippen LogP contribution in [0.2, 0.25) is 0 Å². The molecule has 0 saturated heterocycles. The van der Waals surface area contributed by atoms with Crippen molar-refractivity contribution in [1.29, 1.82) is 0 Å². The molecule has 5 heteroatoms. The van der Waals surface area contributed by atoms with Crippen LogP contribution in [-0.4, -0.2) is 34.3 Å². The average molecular weight is 248 g/mol. The molecule has 4 nitrogen and oxygen atoms in total. The summed E-state index contributed by atoms with van der Waals surface area (Å²) in [7, 11) is -0.629. The normalized spacial score (nSPS) is 9.12. The van der Waals surface area contributed by atoms with Crippen LogP contribution < -0.4 is 0 Å². The third-order valence-electron chi connectivity index (χ3n) is 1.63. The van der Waals surface area contributed by atoms with Crippen LogP contribution in [0.4, 0.5) is 0 Å². The lowest BCUT2D eigenvalue weighted by atomic mass is 10.4. The maximum absolute atomic E-state index is 9.25. The number of aliphatic carboxylic acids is 1. The topological polar surface area (TPSA) is 55.8 Å². The summed E-state index contributed by atoms with van der Waals surface area (Å²) in [5.41, 5.74) is 0. The lowest BCUT2D eigenvalue weighted by Crippen LogP contribution is -2.06. The molecule has 0 rings (SSSR count). The zero-order valence-corrected chi connectivity index (χ0v) is 11.8. The Morgan fingerprint density at radius 1 is 1.25 bits per heavy atom. The van der Waals surface area contributed by atoms with E-state index in [0.29, 0.717) is 0 Å². The highest BCUT2D eigenvalue weighted by molar-refractivity contribution is 6.17. The van der Waals surface area contributed by atoms with Crippen LogP contribution in [0.3, 0.4) is 0 Å². The summed E-state index contributed by atoms with van der Waals surface area (Å²) in [6, 6.07) is 0. The quantitative estimate of drug-likeness (QED) is 0.384. The first kappa shape index (κ1) is 17.7. The second-order valence-corrected chi connectivity index (χ2v) is 4.24. The van der Waals surface area contributed by atoms with Gasteiger partial charge in [-0.05, 0) is 12.8 Å². The first-order chi connectivity index (χ1) is 7.68. The molecular weight excluding hydrogens is 224 g/mol. The molecule has 0 unspecified atom stereocenters. The van der Waals surface area contributed by atoms with Crippen LogP contribution in [-0.2, 0) is 13.6 Å². The molecule has 0 aliphatic rings. The molecule has 0 radical (unpaired) electrons. The number of hydrogen-bond acceptors (Lipinski definition) is 3. The molecular formula is C11H24O4Si. The lowest BCUT2D eigenvalue weighted by Gasteiger charge is -2.03. The van der Waals surface area contributed by atoms with Crippen molar-refractivity contribution < 1.29 is 18.8 Å². The lowest BCUT2D eigenvalue weighted by molar-refractivity contribution is -0.131. The molecule has 96 valence electrons. The van der Waals surface area contributed by atoms with Crippen LogP contribution in [0.25, 0.3) is 0 Å². The van der Waals surface area contributed by atoms with Gasteiger partial charge in [-0.2, -0.15) is 0 Å². The summed E-state index contributed by atoms with van der Waals surface area (Å²) in [5, 5.41) is 7.60. The first-order valence-corrected chi connectivity index (χ1v) is 6.85. The van der Waals surface area contributed by atoms with Crippen molar-refractivity contribution >= 4 is 16.0 Å². The standard InChI is InChI=1S/C8H20O2Si.C3H4O2/c1-3-5-7-9-11-10-8-6-4-2;1-2-3(4)5/h3-8,11H2,1-2H3;2H,1H2,(H,4,5). The summed E-state index contributed by atoms with van der Waals surface area (Å²) >= 11 is 0. The first-order valence-electron chi connectivity index (χ1n) is 5.69. The minimum atomic E-state index is -0.981. The second-order valence-electron chi connectivity index (χ2n) is 3.18. The van der Waals surface area contributed by atoms with E-state index in [2.05, 4.69) is 20.4 Å². The Morgan fingerprint density at radius 3 is 1.88 bits per heavy atom. The molecule has 0 aromatic carbocycles. The molecule has 0 aliphatic heterocycles. The van der Waals surface area contributed by atoms with Gasteiger partial charge in [-0.25, -0.2) is 4.79 Å². The van der Waals surface area contributed by atoms with Gasteiger partial charge in [0.15, 0.2) is 0 Å². The number of carboxylic acid groups (broad SMARTS) is 1. The molecule has 0 aromatic rings. The Balaban J connectivity index is 0. The summed E-state index contributed by atoms with van der Waals surface area (Å²) in [5.74, 6) is -0.981. The maximum atomic E-state index is 9.25. The molecule has 0 amide bonds. The Kier molecular flexibility index (Phi) is 18.6. The molecule has 1 N–H and O–H groups in total. The molecule has 0 saturated carbocycles. The fraction of sp³-hybridized carbons (Fsp3) is 0.727. The minimum Gasteiger partial charge on any atom is -0.478 e. The Bertz CT molecular complexity index is 154. The third-order valence-corrected chi connectivity index (χ3v) is 2.54. The maximum Gasteiger partial charge on any atom is 0.327 e. The molecule has 0 fully saturated rings. The van der Waals surface area contributed by atoms with Crippen molar-refractivity contribution in [3.05, 3.63) is 12.7 Å². The van der Waals surface area contributed by atoms with E-state index in [1.807, 2.05) is 0 Å². The molecule has 0 aromatic heterocycles. The van der Waals surface area contributed by atoms with Crippen molar-refractivity contribution in [2.75, 3.05) is 13.2 Å². The highest BCUT2D eigenvalue weighted by atomic mass is 28.3. The zero-order chi connectivity index (χ0) is 12.6. The van der Waals surface area contributed by atoms with Crippen molar-refractivity contribution in [3.63, 3.8) is 0 Å². The SMILES string of the molecule is C=CC(=O)O.CCCCO[SiH2]OCCCC. The fourth-order valence-corrected chi connectivity index (χ4v) is 1.43. The highest BCUT2D eigenvalue weighted by Crippen LogP contribution is 1.89. The smallest absolute Gasteiger partial charge is 0.327 e. The van der Waals surface area contributed by atoms with Crippen LogP contribution in [0.1, 0.15) is 39.5 Å². The van der Waals surface area contributed by atoms with Gasteiger partial charge in [0.2, 0.25) is 0 Å². The van der Waals surface area contributed by atoms with Crippen molar-refractivity contribution in [3.8, 4) is 0 Å². The van der Waals surface area contributed by atoms with Crippen LogP contribution >= 0.6 is 0 Å². The van der Waals surface area contributed by atoms with E-state index in [-0.39, 0.29) is 0 Å². The summed E-state index contributed by atoms with van der Waals surface area (Å²) in [4.78, 5) is 9.25. The number of hydrogen-bond donors (Lipinski definition) is 1. The molecule has 0 spiro atoms. The van der Waals surface area contributed by atoms with Crippen LogP contribution in [0.15, 0.2) is 12.7 Å². The third kappa shape index (κ3) is 23.3. The van der Waals surface area contributed by atoms with Crippen LogP contribution in [0, 0.1) is 0 Å². The zero-order valence-electron chi connectivity index (χ0n) is 10.4. The number of unbranched alkanes of at least 4 members (excludes halogenated alkanes) is 2. The number of carboxylic acids is 1. The van der Waals surface area contributed by atoms with E-state index in [4.69, 9.17) is 14.0 Å². The predicted molar refractivity (Wildman–Crippen MR) is 68.1 cm³/mol. The fourth-order valence-electron chi connectivity index (χ4n) is 0.670. The number of carbonyl (C=O) groups is 1. The van der Waals surface area contributed by atoms with E-state index >= 15 is 0 Å². The average Bonchev–Trinajstić information content (AvgIpc) is 2.29. The largest absolute Gasteiger partial charge is 0.478 e. The van der Waals surface area contributed by atoms with Gasteiger partial charge in [0.1, 0.15) is 0 Å². The molecule has 0 atom stereocenters. The van der Waals surface area contributed by atoms with E-state index in [9.17, 15) is 4.79 Å². The van der Waals surface area contributed by atoms with Gasteiger partial charge in [-0.3, -0.25) is 0 Å². The Morgan fingerprint density at radius 2 is 1.62 bits per heavy atom. The Labute approximate surface area is 101 Å². The van der Waals surface area contributed by atoms with Gasteiger partial charge in [0.05, 0.1) is 0 Å². The van der Waals surface area contributed by atoms with Gasteiger partial charge in [-0.15, -0.1) is 0 Å². The van der Waals surface area contributed by atoms with Crippen LogP contribution in [0.5, 0.6) is 0 Å². The van der Waals surface area contributed by atoms with E-state index < -0.39 is 16.0 Å². The molecule has 0 aliphatic carbocycles. The molecule has 16 heavy (non-hydrogen) atoms. The summed E-state index contributed by atoms with van der Waals surface area (Å²) in [6.45, 7) is 9.09. The van der Waals surface area contributed by atoms with E-state index in [0.717, 1.165) is 19.3 Å². The summed E-state index contributed by atoms with van der Waals surface area (Å²) < 4.78 is 10.7. The van der Waals surface area contributed by atoms with Gasteiger partial charge in [0, 0.05) is 19.3 Å². The van der Waals surface area contributed by atoms with Crippen molar-refractivity contribution in [2.24, 2.45) is 0 Å². The van der Waals surface area contributed by atoms with Crippen molar-refractivity contribution in [2.45, 2.75) is 39.5 Å².